The van der Waals surface area contributed by atoms with Crippen LogP contribution < -0.4 is 5.32 Å². The van der Waals surface area contributed by atoms with Gasteiger partial charge in [-0.3, -0.25) is 9.89 Å². The molecule has 6 nitrogen and oxygen atoms in total. The average Bonchev–Trinajstić information content (AvgIpc) is 3.23. The molecule has 3 aliphatic rings. The molecule has 0 aromatic heterocycles. The Hall–Kier alpha value is -1.06. The molecule has 3 aliphatic heterocycles. The second kappa shape index (κ2) is 8.09. The third-order valence-corrected chi connectivity index (χ3v) is 4.99. The lowest BCUT2D eigenvalue weighted by molar-refractivity contribution is -0.143. The van der Waals surface area contributed by atoms with Crippen LogP contribution in [-0.2, 0) is 9.47 Å². The summed E-state index contributed by atoms with van der Waals surface area (Å²) >= 11 is 0. The first-order chi connectivity index (χ1) is 11.9. The number of alkyl halides is 3. The minimum Gasteiger partial charge on any atom is -0.375 e. The van der Waals surface area contributed by atoms with E-state index in [-0.39, 0.29) is 18.2 Å². The van der Waals surface area contributed by atoms with Crippen LogP contribution >= 0.6 is 0 Å². The zero-order valence-electron chi connectivity index (χ0n) is 14.6. The molecular weight excluding hydrogens is 337 g/mol. The topological polar surface area (TPSA) is 49.3 Å². The van der Waals surface area contributed by atoms with Gasteiger partial charge in [-0.25, -0.2) is 0 Å². The number of aliphatic imine (C=N–C) groups is 1. The Labute approximate surface area is 146 Å². The third kappa shape index (κ3) is 5.21. The molecule has 9 heteroatoms. The van der Waals surface area contributed by atoms with Crippen LogP contribution in [0.3, 0.4) is 0 Å². The van der Waals surface area contributed by atoms with Crippen LogP contribution in [0.15, 0.2) is 4.99 Å². The Bertz CT molecular complexity index is 469. The molecule has 3 atom stereocenters. The van der Waals surface area contributed by atoms with Crippen molar-refractivity contribution in [3.05, 3.63) is 0 Å². The number of morpholine rings is 1. The van der Waals surface area contributed by atoms with E-state index in [4.69, 9.17) is 9.47 Å². The van der Waals surface area contributed by atoms with Crippen LogP contribution in [0.4, 0.5) is 13.2 Å². The molecule has 1 N–H and O–H groups in total. The van der Waals surface area contributed by atoms with Gasteiger partial charge in [-0.1, -0.05) is 0 Å². The van der Waals surface area contributed by atoms with Crippen LogP contribution in [0.25, 0.3) is 0 Å². The van der Waals surface area contributed by atoms with Gasteiger partial charge in [0.25, 0.3) is 0 Å². The normalized spacial score (nSPS) is 32.4. The number of ether oxygens (including phenoxy) is 2. The molecule has 0 radical (unpaired) electrons. The van der Waals surface area contributed by atoms with E-state index in [0.717, 1.165) is 32.0 Å². The van der Waals surface area contributed by atoms with Crippen molar-refractivity contribution in [2.45, 2.75) is 43.7 Å². The number of halogens is 3. The molecule has 3 heterocycles. The Balaban J connectivity index is 1.50. The first-order valence-corrected chi connectivity index (χ1v) is 8.95. The van der Waals surface area contributed by atoms with Crippen molar-refractivity contribution in [3.63, 3.8) is 0 Å². The summed E-state index contributed by atoms with van der Waals surface area (Å²) in [4.78, 5) is 7.90. The molecule has 0 amide bonds. The molecule has 0 saturated carbocycles. The fraction of sp³-hybridized carbons (Fsp3) is 0.938. The lowest BCUT2D eigenvalue weighted by atomic mass is 10.1. The standard InChI is InChI=1S/C16H27F3N4O2/c1-20-15(21-12-4-5-22(9-12)11-16(17,18)19)23-6-8-25-14(10-23)13-3-2-7-24-13/h12-14H,2-11H2,1H3,(H,20,21). The largest absolute Gasteiger partial charge is 0.401 e. The molecule has 3 saturated heterocycles. The number of nitrogens with zero attached hydrogens (tertiary/aromatic N) is 3. The quantitative estimate of drug-likeness (QED) is 0.600. The van der Waals surface area contributed by atoms with E-state index >= 15 is 0 Å². The molecule has 144 valence electrons. The zero-order chi connectivity index (χ0) is 17.9. The second-order valence-electron chi connectivity index (χ2n) is 6.93. The summed E-state index contributed by atoms with van der Waals surface area (Å²) in [6.07, 6.45) is -1.22. The van der Waals surface area contributed by atoms with Crippen molar-refractivity contribution in [1.29, 1.82) is 0 Å². The predicted molar refractivity (Wildman–Crippen MR) is 87.7 cm³/mol. The van der Waals surface area contributed by atoms with Crippen molar-refractivity contribution < 1.29 is 22.6 Å². The molecule has 3 unspecified atom stereocenters. The average molecular weight is 364 g/mol. The molecule has 0 bridgehead atoms. The number of rotatable bonds is 3. The van der Waals surface area contributed by atoms with Crippen LogP contribution in [0.1, 0.15) is 19.3 Å². The van der Waals surface area contributed by atoms with Crippen molar-refractivity contribution in [3.8, 4) is 0 Å². The minimum atomic E-state index is -4.14. The van der Waals surface area contributed by atoms with Gasteiger partial charge >= 0.3 is 6.18 Å². The molecular formula is C16H27F3N4O2. The van der Waals surface area contributed by atoms with Crippen LogP contribution in [0.2, 0.25) is 0 Å². The number of nitrogens with one attached hydrogen (secondary N) is 1. The summed E-state index contributed by atoms with van der Waals surface area (Å²) in [5, 5.41) is 3.33. The van der Waals surface area contributed by atoms with Gasteiger partial charge in [-0.05, 0) is 19.3 Å². The summed E-state index contributed by atoms with van der Waals surface area (Å²) in [7, 11) is 1.71. The Morgan fingerprint density at radius 2 is 1.92 bits per heavy atom. The van der Waals surface area contributed by atoms with Crippen LogP contribution in [0, 0.1) is 0 Å². The third-order valence-electron chi connectivity index (χ3n) is 4.99. The number of hydrogen-bond acceptors (Lipinski definition) is 4. The lowest BCUT2D eigenvalue weighted by Crippen LogP contribution is -2.55. The molecule has 0 aliphatic carbocycles. The van der Waals surface area contributed by atoms with Crippen LogP contribution in [0.5, 0.6) is 0 Å². The maximum absolute atomic E-state index is 12.5. The molecule has 3 rings (SSSR count). The maximum atomic E-state index is 12.5. The number of likely N-dealkylation sites (tertiary alicyclic amines) is 1. The van der Waals surface area contributed by atoms with Gasteiger partial charge in [-0.2, -0.15) is 13.2 Å². The lowest BCUT2D eigenvalue weighted by Gasteiger charge is -2.37. The summed E-state index contributed by atoms with van der Waals surface area (Å²) < 4.78 is 49.1. The molecule has 0 aromatic carbocycles. The summed E-state index contributed by atoms with van der Waals surface area (Å²) in [6, 6.07) is -0.00919. The van der Waals surface area contributed by atoms with Gasteiger partial charge in [0.15, 0.2) is 5.96 Å². The highest BCUT2D eigenvalue weighted by Gasteiger charge is 2.36. The molecule has 25 heavy (non-hydrogen) atoms. The van der Waals surface area contributed by atoms with E-state index in [0.29, 0.717) is 32.7 Å². The summed E-state index contributed by atoms with van der Waals surface area (Å²) in [5.74, 6) is 0.741. The highest BCUT2D eigenvalue weighted by Crippen LogP contribution is 2.22. The molecule has 0 aromatic rings. The highest BCUT2D eigenvalue weighted by atomic mass is 19.4. The first kappa shape index (κ1) is 18.7. The molecule has 3 fully saturated rings. The zero-order valence-corrected chi connectivity index (χ0v) is 14.6. The van der Waals surface area contributed by atoms with Crippen molar-refractivity contribution in [1.82, 2.24) is 15.1 Å². The Kier molecular flexibility index (Phi) is 6.06. The molecule has 0 spiro atoms. The van der Waals surface area contributed by atoms with Gasteiger partial charge < -0.3 is 19.7 Å². The van der Waals surface area contributed by atoms with Gasteiger partial charge in [0, 0.05) is 45.9 Å². The summed E-state index contributed by atoms with van der Waals surface area (Å²) in [6.45, 7) is 2.81. The van der Waals surface area contributed by atoms with E-state index in [1.807, 2.05) is 0 Å². The van der Waals surface area contributed by atoms with Crippen LogP contribution in [-0.4, -0.2) is 93.2 Å². The second-order valence-corrected chi connectivity index (χ2v) is 6.93. The monoisotopic (exact) mass is 364 g/mol. The first-order valence-electron chi connectivity index (χ1n) is 8.95. The van der Waals surface area contributed by atoms with E-state index in [2.05, 4.69) is 15.2 Å². The Morgan fingerprint density at radius 1 is 1.12 bits per heavy atom. The predicted octanol–water partition coefficient (Wildman–Crippen LogP) is 1.08. The minimum absolute atomic E-state index is 0.00919. The van der Waals surface area contributed by atoms with Crippen molar-refractivity contribution in [2.75, 3.05) is 53.0 Å². The van der Waals surface area contributed by atoms with E-state index in [1.54, 1.807) is 7.05 Å². The summed E-state index contributed by atoms with van der Waals surface area (Å²) in [5.41, 5.74) is 0. The Morgan fingerprint density at radius 3 is 2.60 bits per heavy atom. The maximum Gasteiger partial charge on any atom is 0.401 e. The van der Waals surface area contributed by atoms with E-state index < -0.39 is 12.7 Å². The van der Waals surface area contributed by atoms with E-state index in [1.165, 1.54) is 4.90 Å². The highest BCUT2D eigenvalue weighted by molar-refractivity contribution is 5.80. The van der Waals surface area contributed by atoms with Gasteiger partial charge in [0.2, 0.25) is 0 Å². The number of guanidine groups is 1. The van der Waals surface area contributed by atoms with Gasteiger partial charge in [0.1, 0.15) is 6.10 Å². The fourth-order valence-corrected chi connectivity index (χ4v) is 3.82. The number of hydrogen-bond donors (Lipinski definition) is 1. The van der Waals surface area contributed by atoms with Crippen molar-refractivity contribution >= 4 is 5.96 Å². The van der Waals surface area contributed by atoms with Gasteiger partial charge in [-0.15, -0.1) is 0 Å². The van der Waals surface area contributed by atoms with Gasteiger partial charge in [0.05, 0.1) is 19.3 Å². The van der Waals surface area contributed by atoms with Crippen molar-refractivity contribution in [2.24, 2.45) is 4.99 Å². The fourth-order valence-electron chi connectivity index (χ4n) is 3.82. The SMILES string of the molecule is CN=C(NC1CCN(CC(F)(F)F)C1)N1CCOC(C2CCCO2)C1. The van der Waals surface area contributed by atoms with E-state index in [9.17, 15) is 13.2 Å². The smallest absolute Gasteiger partial charge is 0.375 e.